The normalized spacial score (nSPS) is 21.0. The molecule has 0 saturated heterocycles. The van der Waals surface area contributed by atoms with Gasteiger partial charge in [-0.05, 0) is 84.0 Å². The molecule has 2 aliphatic carbocycles. The summed E-state index contributed by atoms with van der Waals surface area (Å²) in [7, 11) is -1.81. The van der Waals surface area contributed by atoms with Gasteiger partial charge in [0.05, 0.1) is 11.4 Å². The van der Waals surface area contributed by atoms with Gasteiger partial charge in [0.2, 0.25) is 15.9 Å². The Hall–Kier alpha value is -3.75. The Morgan fingerprint density at radius 3 is 2.57 bits per heavy atom. The summed E-state index contributed by atoms with van der Waals surface area (Å²) in [6.45, 7) is 6.62. The second-order valence-corrected chi connectivity index (χ2v) is 14.1. The van der Waals surface area contributed by atoms with E-state index in [2.05, 4.69) is 41.8 Å². The number of aromatic nitrogens is 2. The lowest BCUT2D eigenvalue weighted by molar-refractivity contribution is -0.120. The molecule has 1 amide bonds. The second-order valence-electron chi connectivity index (χ2n) is 12.4. The van der Waals surface area contributed by atoms with Crippen molar-refractivity contribution in [3.63, 3.8) is 0 Å². The Morgan fingerprint density at radius 2 is 1.86 bits per heavy atom. The lowest BCUT2D eigenvalue weighted by atomic mass is 9.71. The van der Waals surface area contributed by atoms with Crippen LogP contribution in [0, 0.1) is 12.8 Å². The summed E-state index contributed by atoms with van der Waals surface area (Å²) >= 11 is 0. The van der Waals surface area contributed by atoms with Crippen LogP contribution in [0.3, 0.4) is 0 Å². The molecule has 3 atom stereocenters. The first-order valence-corrected chi connectivity index (χ1v) is 16.1. The van der Waals surface area contributed by atoms with Crippen LogP contribution in [0.5, 0.6) is 0 Å². The molecule has 7 nitrogen and oxygen atoms in total. The van der Waals surface area contributed by atoms with Crippen molar-refractivity contribution >= 4 is 21.6 Å². The minimum atomic E-state index is -3.74. The number of hydrogen-bond donors (Lipinski definition) is 1. The van der Waals surface area contributed by atoms with Crippen LogP contribution in [0.15, 0.2) is 90.1 Å². The molecule has 4 aromatic rings. The third kappa shape index (κ3) is 5.53. The predicted molar refractivity (Wildman–Crippen MR) is 165 cm³/mol. The Balaban J connectivity index is 1.36. The third-order valence-corrected chi connectivity index (χ3v) is 10.4. The maximum atomic E-state index is 14.1. The SMILES string of the molecule is Cc1cccc(S(=O)(=O)N[C@@H]2CCC(C)(C)c3ccc(N(Cc4nccn4C)C(=O)[C@H]4C[C@@H]4c4ccccc4)cc32)c1. The lowest BCUT2D eigenvalue weighted by Gasteiger charge is -2.38. The number of imidazole rings is 1. The second kappa shape index (κ2) is 10.8. The van der Waals surface area contributed by atoms with Gasteiger partial charge in [-0.2, -0.15) is 0 Å². The summed E-state index contributed by atoms with van der Waals surface area (Å²) in [5.41, 5.74) is 4.74. The number of benzene rings is 3. The van der Waals surface area contributed by atoms with Gasteiger partial charge in [-0.25, -0.2) is 18.1 Å². The van der Waals surface area contributed by atoms with Crippen molar-refractivity contribution in [2.45, 2.75) is 68.8 Å². The average Bonchev–Trinajstić information content (AvgIpc) is 3.68. The van der Waals surface area contributed by atoms with Crippen LogP contribution < -0.4 is 9.62 Å². The van der Waals surface area contributed by atoms with Crippen LogP contribution in [0.1, 0.15) is 73.1 Å². The van der Waals surface area contributed by atoms with Gasteiger partial charge in [0, 0.05) is 37.1 Å². The fourth-order valence-electron chi connectivity index (χ4n) is 6.30. The maximum absolute atomic E-state index is 14.1. The molecule has 0 bridgehead atoms. The van der Waals surface area contributed by atoms with E-state index in [1.54, 1.807) is 24.4 Å². The van der Waals surface area contributed by atoms with Crippen LogP contribution in [0.2, 0.25) is 0 Å². The monoisotopic (exact) mass is 582 g/mol. The van der Waals surface area contributed by atoms with E-state index in [1.165, 1.54) is 5.56 Å². The number of nitrogens with zero attached hydrogens (tertiary/aromatic N) is 3. The van der Waals surface area contributed by atoms with Gasteiger partial charge in [-0.1, -0.05) is 62.4 Å². The van der Waals surface area contributed by atoms with Crippen molar-refractivity contribution in [2.24, 2.45) is 13.0 Å². The van der Waals surface area contributed by atoms with E-state index < -0.39 is 16.1 Å². The van der Waals surface area contributed by atoms with Crippen molar-refractivity contribution in [2.75, 3.05) is 4.90 Å². The molecule has 0 aliphatic heterocycles. The number of carbonyl (C=O) groups excluding carboxylic acids is 1. The Kier molecular flexibility index (Phi) is 7.31. The molecule has 3 aromatic carbocycles. The fraction of sp³-hybridized carbons (Fsp3) is 0.353. The Morgan fingerprint density at radius 1 is 1.07 bits per heavy atom. The first-order chi connectivity index (χ1) is 20.0. The zero-order valence-electron chi connectivity index (χ0n) is 24.6. The number of hydrogen-bond acceptors (Lipinski definition) is 4. The topological polar surface area (TPSA) is 84.3 Å². The molecule has 8 heteroatoms. The predicted octanol–water partition coefficient (Wildman–Crippen LogP) is 6.16. The Labute approximate surface area is 248 Å². The van der Waals surface area contributed by atoms with Gasteiger partial charge in [-0.15, -0.1) is 0 Å². The van der Waals surface area contributed by atoms with E-state index in [9.17, 15) is 13.2 Å². The van der Waals surface area contributed by atoms with Gasteiger partial charge in [0.15, 0.2) is 0 Å². The van der Waals surface area contributed by atoms with Gasteiger partial charge in [0.25, 0.3) is 0 Å². The quantitative estimate of drug-likeness (QED) is 0.270. The van der Waals surface area contributed by atoms with Crippen LogP contribution in [0.25, 0.3) is 0 Å². The average molecular weight is 583 g/mol. The molecule has 1 saturated carbocycles. The number of nitrogens with one attached hydrogen (secondary N) is 1. The zero-order valence-corrected chi connectivity index (χ0v) is 25.4. The number of aryl methyl sites for hydroxylation is 2. The molecule has 0 spiro atoms. The van der Waals surface area contributed by atoms with E-state index in [0.29, 0.717) is 13.0 Å². The lowest BCUT2D eigenvalue weighted by Crippen LogP contribution is -2.37. The Bertz CT molecular complexity index is 1730. The summed E-state index contributed by atoms with van der Waals surface area (Å²) < 4.78 is 31.9. The highest BCUT2D eigenvalue weighted by Crippen LogP contribution is 2.49. The molecule has 1 aromatic heterocycles. The summed E-state index contributed by atoms with van der Waals surface area (Å²) in [6.07, 6.45) is 5.95. The van der Waals surface area contributed by atoms with Crippen molar-refractivity contribution < 1.29 is 13.2 Å². The molecule has 1 N–H and O–H groups in total. The standard InChI is InChI=1S/C34H38N4O3S/c1-23-9-8-12-26(19-23)42(40,41)36-31-15-16-34(2,3)30-14-13-25(20-29(30)31)38(22-32-35-17-18-37(32)4)33(39)28-21-27(28)24-10-6-5-7-11-24/h5-14,17-20,27-28,31,36H,15-16,21-22H2,1-4H3/t27-,28+,31-/m1/s1. The molecule has 218 valence electrons. The maximum Gasteiger partial charge on any atom is 0.241 e. The van der Waals surface area contributed by atoms with Crippen LogP contribution >= 0.6 is 0 Å². The van der Waals surface area contributed by atoms with Crippen LogP contribution in [-0.2, 0) is 33.8 Å². The number of fused-ring (bicyclic) bond motifs is 1. The number of amides is 1. The smallest absolute Gasteiger partial charge is 0.241 e. The molecule has 6 rings (SSSR count). The number of sulfonamides is 1. The largest absolute Gasteiger partial charge is 0.337 e. The third-order valence-electron chi connectivity index (χ3n) is 8.93. The minimum absolute atomic E-state index is 0.0683. The molecule has 1 fully saturated rings. The van der Waals surface area contributed by atoms with Crippen LogP contribution in [-0.4, -0.2) is 23.9 Å². The van der Waals surface area contributed by atoms with E-state index >= 15 is 0 Å². The van der Waals surface area contributed by atoms with E-state index in [0.717, 1.165) is 41.0 Å². The minimum Gasteiger partial charge on any atom is -0.337 e. The van der Waals surface area contributed by atoms with E-state index in [-0.39, 0.29) is 28.1 Å². The number of carbonyl (C=O) groups is 1. The molecular weight excluding hydrogens is 544 g/mol. The van der Waals surface area contributed by atoms with E-state index in [4.69, 9.17) is 0 Å². The van der Waals surface area contributed by atoms with Crippen LogP contribution in [0.4, 0.5) is 5.69 Å². The molecule has 42 heavy (non-hydrogen) atoms. The zero-order chi connectivity index (χ0) is 29.6. The molecular formula is C34H38N4O3S. The molecule has 1 heterocycles. The number of rotatable bonds is 8. The summed E-state index contributed by atoms with van der Waals surface area (Å²) in [6, 6.07) is 22.9. The summed E-state index contributed by atoms with van der Waals surface area (Å²) in [4.78, 5) is 20.7. The molecule has 0 unspecified atom stereocenters. The number of anilines is 1. The molecule has 0 radical (unpaired) electrons. The highest BCUT2D eigenvalue weighted by molar-refractivity contribution is 7.89. The highest BCUT2D eigenvalue weighted by Gasteiger charge is 2.46. The van der Waals surface area contributed by atoms with E-state index in [1.807, 2.05) is 66.0 Å². The van der Waals surface area contributed by atoms with Crippen molar-refractivity contribution in [1.82, 2.24) is 14.3 Å². The molecule has 2 aliphatic rings. The first-order valence-electron chi connectivity index (χ1n) is 14.6. The highest BCUT2D eigenvalue weighted by atomic mass is 32.2. The van der Waals surface area contributed by atoms with Crippen molar-refractivity contribution in [3.8, 4) is 0 Å². The van der Waals surface area contributed by atoms with Gasteiger partial charge in [0.1, 0.15) is 5.82 Å². The van der Waals surface area contributed by atoms with Gasteiger partial charge in [-0.3, -0.25) is 4.79 Å². The van der Waals surface area contributed by atoms with Gasteiger partial charge < -0.3 is 9.47 Å². The van der Waals surface area contributed by atoms with Gasteiger partial charge >= 0.3 is 0 Å². The fourth-order valence-corrected chi connectivity index (χ4v) is 7.66. The van der Waals surface area contributed by atoms with Crippen molar-refractivity contribution in [1.29, 1.82) is 0 Å². The van der Waals surface area contributed by atoms with Crippen molar-refractivity contribution in [3.05, 3.63) is 113 Å². The summed E-state index contributed by atoms with van der Waals surface area (Å²) in [5, 5.41) is 0. The first kappa shape index (κ1) is 28.4. The summed E-state index contributed by atoms with van der Waals surface area (Å²) in [5.74, 6) is 0.956.